The van der Waals surface area contributed by atoms with Gasteiger partial charge >= 0.3 is 0 Å². The monoisotopic (exact) mass is 261 g/mol. The molecule has 0 radical (unpaired) electrons. The number of carbonyl (C=O) groups excluding carboxylic acids is 1. The van der Waals surface area contributed by atoms with Gasteiger partial charge in [0.25, 0.3) is 5.91 Å². The first kappa shape index (κ1) is 12.3. The first-order valence-corrected chi connectivity index (χ1v) is 6.82. The molecule has 2 saturated heterocycles. The van der Waals surface area contributed by atoms with Crippen molar-refractivity contribution < 1.29 is 4.79 Å². The molecular formula is C13H19N5O. The number of hydrogen-bond donors (Lipinski definition) is 2. The van der Waals surface area contributed by atoms with Crippen molar-refractivity contribution in [2.45, 2.75) is 18.9 Å². The predicted molar refractivity (Wildman–Crippen MR) is 72.1 cm³/mol. The van der Waals surface area contributed by atoms with Crippen LogP contribution in [0.5, 0.6) is 0 Å². The molecule has 0 aliphatic carbocycles. The van der Waals surface area contributed by atoms with E-state index in [-0.39, 0.29) is 5.91 Å². The molecule has 102 valence electrons. The zero-order valence-corrected chi connectivity index (χ0v) is 11.1. The molecule has 0 unspecified atom stereocenters. The summed E-state index contributed by atoms with van der Waals surface area (Å²) in [4.78, 5) is 13.7. The average Bonchev–Trinajstić information content (AvgIpc) is 2.90. The fourth-order valence-electron chi connectivity index (χ4n) is 2.98. The lowest BCUT2D eigenvalue weighted by Gasteiger charge is -2.24. The summed E-state index contributed by atoms with van der Waals surface area (Å²) in [6, 6.07) is 4.19. The molecule has 0 saturated carbocycles. The Labute approximate surface area is 112 Å². The van der Waals surface area contributed by atoms with Crippen molar-refractivity contribution in [3.05, 3.63) is 17.8 Å². The molecule has 6 nitrogen and oxygen atoms in total. The van der Waals surface area contributed by atoms with Crippen LogP contribution >= 0.6 is 0 Å². The molecule has 2 N–H and O–H groups in total. The fourth-order valence-corrected chi connectivity index (χ4v) is 2.98. The van der Waals surface area contributed by atoms with Crippen molar-refractivity contribution in [3.63, 3.8) is 0 Å². The van der Waals surface area contributed by atoms with Crippen molar-refractivity contribution in [2.24, 2.45) is 5.92 Å². The second-order valence-electron chi connectivity index (χ2n) is 5.22. The van der Waals surface area contributed by atoms with Crippen molar-refractivity contribution >= 4 is 11.7 Å². The highest BCUT2D eigenvalue weighted by Gasteiger charge is 2.34. The summed E-state index contributed by atoms with van der Waals surface area (Å²) in [6.45, 7) is 3.14. The molecule has 1 aromatic heterocycles. The Morgan fingerprint density at radius 1 is 1.42 bits per heavy atom. The van der Waals surface area contributed by atoms with Crippen LogP contribution in [-0.4, -0.2) is 48.8 Å². The Morgan fingerprint density at radius 3 is 3.00 bits per heavy atom. The van der Waals surface area contributed by atoms with Gasteiger partial charge in [-0.15, -0.1) is 10.2 Å². The predicted octanol–water partition coefficient (Wildman–Crippen LogP) is 0.0244. The smallest absolute Gasteiger partial charge is 0.271 e. The van der Waals surface area contributed by atoms with E-state index in [9.17, 15) is 4.79 Å². The number of aromatic nitrogens is 2. The van der Waals surface area contributed by atoms with Gasteiger partial charge in [0.1, 0.15) is 0 Å². The summed E-state index contributed by atoms with van der Waals surface area (Å²) in [5.74, 6) is 1.38. The SMILES string of the molecule is CNC(=O)c1ccc(N2C[C@@H]3CCCN[C@@H]3C2)nn1. The lowest BCUT2D eigenvalue weighted by molar-refractivity contribution is 0.0957. The van der Waals surface area contributed by atoms with Gasteiger partial charge in [-0.25, -0.2) is 0 Å². The number of piperidine rings is 1. The van der Waals surface area contributed by atoms with Gasteiger partial charge in [-0.3, -0.25) is 4.79 Å². The molecule has 6 heteroatoms. The van der Waals surface area contributed by atoms with Gasteiger partial charge in [0, 0.05) is 26.2 Å². The number of fused-ring (bicyclic) bond motifs is 1. The van der Waals surface area contributed by atoms with Gasteiger partial charge in [-0.2, -0.15) is 0 Å². The number of amides is 1. The molecule has 3 rings (SSSR count). The molecular weight excluding hydrogens is 242 g/mol. The summed E-state index contributed by atoms with van der Waals surface area (Å²) < 4.78 is 0. The zero-order chi connectivity index (χ0) is 13.2. The van der Waals surface area contributed by atoms with Crippen LogP contribution in [0.1, 0.15) is 23.3 Å². The van der Waals surface area contributed by atoms with Crippen molar-refractivity contribution in [1.29, 1.82) is 0 Å². The maximum Gasteiger partial charge on any atom is 0.271 e. The minimum Gasteiger partial charge on any atom is -0.354 e. The molecule has 2 aliphatic rings. The molecule has 1 aromatic rings. The standard InChI is InChI=1S/C13H19N5O/c1-14-13(19)10-4-5-12(17-16-10)18-7-9-3-2-6-15-11(9)8-18/h4-5,9,11,15H,2-3,6-8H2,1H3,(H,14,19)/t9-,11+/m0/s1. The van der Waals surface area contributed by atoms with Crippen molar-refractivity contribution in [1.82, 2.24) is 20.8 Å². The number of rotatable bonds is 2. The largest absolute Gasteiger partial charge is 0.354 e. The van der Waals surface area contributed by atoms with Gasteiger partial charge in [0.2, 0.25) is 0 Å². The van der Waals surface area contributed by atoms with Gasteiger partial charge in [-0.05, 0) is 37.4 Å². The number of hydrogen-bond acceptors (Lipinski definition) is 5. The van der Waals surface area contributed by atoms with Gasteiger partial charge in [0.15, 0.2) is 11.5 Å². The molecule has 2 aliphatic heterocycles. The number of nitrogens with one attached hydrogen (secondary N) is 2. The molecule has 2 fully saturated rings. The Hall–Kier alpha value is -1.69. The average molecular weight is 261 g/mol. The van der Waals surface area contributed by atoms with E-state index in [0.29, 0.717) is 17.7 Å². The maximum absolute atomic E-state index is 11.4. The Balaban J connectivity index is 1.71. The maximum atomic E-state index is 11.4. The first-order valence-electron chi connectivity index (χ1n) is 6.82. The van der Waals surface area contributed by atoms with Crippen LogP contribution in [-0.2, 0) is 0 Å². The van der Waals surface area contributed by atoms with Crippen LogP contribution in [0.2, 0.25) is 0 Å². The van der Waals surface area contributed by atoms with E-state index < -0.39 is 0 Å². The topological polar surface area (TPSA) is 70.2 Å². The quantitative estimate of drug-likeness (QED) is 0.785. The molecule has 3 heterocycles. The van der Waals surface area contributed by atoms with E-state index in [0.717, 1.165) is 25.5 Å². The van der Waals surface area contributed by atoms with Crippen LogP contribution < -0.4 is 15.5 Å². The third-order valence-electron chi connectivity index (χ3n) is 4.03. The minimum atomic E-state index is -0.198. The van der Waals surface area contributed by atoms with Crippen LogP contribution in [0.3, 0.4) is 0 Å². The third-order valence-corrected chi connectivity index (χ3v) is 4.03. The third kappa shape index (κ3) is 2.40. The van der Waals surface area contributed by atoms with Crippen LogP contribution in [0.15, 0.2) is 12.1 Å². The highest BCUT2D eigenvalue weighted by atomic mass is 16.1. The molecule has 0 spiro atoms. The van der Waals surface area contributed by atoms with Gasteiger partial charge in [-0.1, -0.05) is 0 Å². The van der Waals surface area contributed by atoms with Crippen molar-refractivity contribution in [2.75, 3.05) is 31.6 Å². The van der Waals surface area contributed by atoms with E-state index in [4.69, 9.17) is 0 Å². The normalized spacial score (nSPS) is 26.1. The summed E-state index contributed by atoms with van der Waals surface area (Å²) in [5.41, 5.74) is 0.362. The molecule has 0 bridgehead atoms. The summed E-state index contributed by atoms with van der Waals surface area (Å²) in [5, 5.41) is 14.3. The summed E-state index contributed by atoms with van der Waals surface area (Å²) >= 11 is 0. The Morgan fingerprint density at radius 2 is 2.32 bits per heavy atom. The second-order valence-corrected chi connectivity index (χ2v) is 5.22. The summed E-state index contributed by atoms with van der Waals surface area (Å²) in [7, 11) is 1.59. The van der Waals surface area contributed by atoms with Crippen LogP contribution in [0.4, 0.5) is 5.82 Å². The minimum absolute atomic E-state index is 0.198. The lowest BCUT2D eigenvalue weighted by atomic mass is 9.94. The van der Waals surface area contributed by atoms with E-state index >= 15 is 0 Å². The number of carbonyl (C=O) groups is 1. The number of anilines is 1. The van der Waals surface area contributed by atoms with E-state index in [2.05, 4.69) is 25.7 Å². The van der Waals surface area contributed by atoms with Crippen LogP contribution in [0, 0.1) is 5.92 Å². The highest BCUT2D eigenvalue weighted by Crippen LogP contribution is 2.27. The molecule has 1 amide bonds. The lowest BCUT2D eigenvalue weighted by Crippen LogP contribution is -2.40. The number of nitrogens with zero attached hydrogens (tertiary/aromatic N) is 3. The van der Waals surface area contributed by atoms with E-state index in [1.165, 1.54) is 12.8 Å². The fraction of sp³-hybridized carbons (Fsp3) is 0.615. The molecule has 0 aromatic carbocycles. The van der Waals surface area contributed by atoms with E-state index in [1.807, 2.05) is 6.07 Å². The molecule has 19 heavy (non-hydrogen) atoms. The van der Waals surface area contributed by atoms with E-state index in [1.54, 1.807) is 13.1 Å². The zero-order valence-electron chi connectivity index (χ0n) is 11.1. The Kier molecular flexibility index (Phi) is 3.33. The Bertz CT molecular complexity index is 447. The van der Waals surface area contributed by atoms with Crippen molar-refractivity contribution in [3.8, 4) is 0 Å². The highest BCUT2D eigenvalue weighted by molar-refractivity contribution is 5.91. The second kappa shape index (κ2) is 5.13. The molecule has 2 atom stereocenters. The van der Waals surface area contributed by atoms with Crippen LogP contribution in [0.25, 0.3) is 0 Å². The summed E-state index contributed by atoms with van der Waals surface area (Å²) in [6.07, 6.45) is 2.55. The first-order chi connectivity index (χ1) is 9.28. The van der Waals surface area contributed by atoms with Gasteiger partial charge in [0.05, 0.1) is 0 Å². The van der Waals surface area contributed by atoms with Gasteiger partial charge < -0.3 is 15.5 Å².